The van der Waals surface area contributed by atoms with Crippen molar-refractivity contribution < 1.29 is 0 Å². The highest BCUT2D eigenvalue weighted by Gasteiger charge is 2.15. The van der Waals surface area contributed by atoms with Crippen LogP contribution >= 0.6 is 15.9 Å². The van der Waals surface area contributed by atoms with Crippen LogP contribution in [0.4, 0.5) is 5.69 Å². The Balaban J connectivity index is 2.59. The highest BCUT2D eigenvalue weighted by atomic mass is 79.9. The van der Waals surface area contributed by atoms with Gasteiger partial charge in [-0.3, -0.25) is 5.41 Å². The molecular formula is C12H13BrN4. The Labute approximate surface area is 109 Å². The predicted molar refractivity (Wildman–Crippen MR) is 76.0 cm³/mol. The topological polar surface area (TPSA) is 51.8 Å². The summed E-state index contributed by atoms with van der Waals surface area (Å²) in [7, 11) is 4.01. The number of guanidine groups is 1. The molecule has 1 aromatic rings. The third-order valence-electron chi connectivity index (χ3n) is 2.64. The third-order valence-corrected chi connectivity index (χ3v) is 3.10. The molecule has 0 atom stereocenters. The Morgan fingerprint density at radius 1 is 1.29 bits per heavy atom. The summed E-state index contributed by atoms with van der Waals surface area (Å²) in [5, 5.41) is 7.38. The number of nitrogens with zero attached hydrogens (tertiary/aromatic N) is 3. The molecule has 0 aromatic heterocycles. The van der Waals surface area contributed by atoms with Gasteiger partial charge in [0, 0.05) is 29.8 Å². The molecular weight excluding hydrogens is 280 g/mol. The molecule has 0 aliphatic carbocycles. The first-order valence-corrected chi connectivity index (χ1v) is 5.97. The Morgan fingerprint density at radius 2 is 2.00 bits per heavy atom. The lowest BCUT2D eigenvalue weighted by Gasteiger charge is -2.18. The zero-order valence-electron chi connectivity index (χ0n) is 9.95. The van der Waals surface area contributed by atoms with E-state index in [0.717, 1.165) is 27.0 Å². The van der Waals surface area contributed by atoms with E-state index in [1.165, 1.54) is 0 Å². The number of benzene rings is 1. The number of hydrogen-bond acceptors (Lipinski definition) is 2. The van der Waals surface area contributed by atoms with Gasteiger partial charge in [-0.1, -0.05) is 15.9 Å². The second kappa shape index (κ2) is 4.41. The largest absolute Gasteiger partial charge is 0.377 e. The van der Waals surface area contributed by atoms with E-state index >= 15 is 0 Å². The maximum Gasteiger partial charge on any atom is 0.242 e. The first kappa shape index (κ1) is 12.0. The lowest BCUT2D eigenvalue weighted by atomic mass is 10.0. The maximum absolute atomic E-state index is 7.38. The van der Waals surface area contributed by atoms with Gasteiger partial charge in [-0.2, -0.15) is 0 Å². The van der Waals surface area contributed by atoms with Crippen molar-refractivity contribution in [1.82, 2.24) is 0 Å². The van der Waals surface area contributed by atoms with Gasteiger partial charge in [0.2, 0.25) is 5.96 Å². The molecule has 1 aliphatic heterocycles. The van der Waals surface area contributed by atoms with E-state index in [1.807, 2.05) is 20.2 Å². The number of aliphatic imine (C=N–C) groups is 2. The Morgan fingerprint density at radius 3 is 2.53 bits per heavy atom. The van der Waals surface area contributed by atoms with E-state index < -0.39 is 0 Å². The van der Waals surface area contributed by atoms with Crippen LogP contribution < -0.4 is 4.90 Å². The lowest BCUT2D eigenvalue weighted by molar-refractivity contribution is 1.11. The van der Waals surface area contributed by atoms with Crippen LogP contribution in [0.15, 0.2) is 26.6 Å². The molecule has 1 aromatic carbocycles. The van der Waals surface area contributed by atoms with Crippen LogP contribution in [-0.4, -0.2) is 32.0 Å². The van der Waals surface area contributed by atoms with Gasteiger partial charge in [0.15, 0.2) is 0 Å². The molecule has 0 fully saturated rings. The third kappa shape index (κ3) is 2.29. The second-order valence-corrected chi connectivity index (χ2v) is 4.99. The minimum Gasteiger partial charge on any atom is -0.377 e. The number of hydrogen-bond donors (Lipinski definition) is 1. The van der Waals surface area contributed by atoms with Crippen molar-refractivity contribution in [2.45, 2.75) is 6.92 Å². The fourth-order valence-corrected chi connectivity index (χ4v) is 2.26. The van der Waals surface area contributed by atoms with Crippen molar-refractivity contribution in [3.05, 3.63) is 27.7 Å². The van der Waals surface area contributed by atoms with Gasteiger partial charge in [-0.15, -0.1) is 0 Å². The molecule has 0 bridgehead atoms. The minimum absolute atomic E-state index is 0.0609. The number of halogens is 1. The van der Waals surface area contributed by atoms with Gasteiger partial charge < -0.3 is 4.90 Å². The predicted octanol–water partition coefficient (Wildman–Crippen LogP) is 2.63. The molecule has 0 saturated heterocycles. The maximum atomic E-state index is 7.38. The van der Waals surface area contributed by atoms with Crippen molar-refractivity contribution in [2.75, 3.05) is 19.0 Å². The van der Waals surface area contributed by atoms with E-state index in [-0.39, 0.29) is 5.96 Å². The average Bonchev–Trinajstić information content (AvgIpc) is 2.67. The van der Waals surface area contributed by atoms with Gasteiger partial charge in [-0.25, -0.2) is 9.98 Å². The van der Waals surface area contributed by atoms with Crippen LogP contribution in [0.3, 0.4) is 0 Å². The van der Waals surface area contributed by atoms with Crippen LogP contribution in [0.2, 0.25) is 0 Å². The quantitative estimate of drug-likeness (QED) is 0.895. The van der Waals surface area contributed by atoms with Crippen molar-refractivity contribution in [2.24, 2.45) is 9.98 Å². The van der Waals surface area contributed by atoms with Crippen molar-refractivity contribution in [3.8, 4) is 0 Å². The normalized spacial score (nSPS) is 14.1. The van der Waals surface area contributed by atoms with E-state index in [4.69, 9.17) is 5.41 Å². The van der Waals surface area contributed by atoms with Crippen molar-refractivity contribution in [3.63, 3.8) is 0 Å². The lowest BCUT2D eigenvalue weighted by Crippen LogP contribution is -2.13. The van der Waals surface area contributed by atoms with Crippen LogP contribution in [0, 0.1) is 12.3 Å². The van der Waals surface area contributed by atoms with Gasteiger partial charge in [0.25, 0.3) is 0 Å². The summed E-state index contributed by atoms with van der Waals surface area (Å²) in [5.74, 6) is 0.0609. The molecule has 0 saturated carbocycles. The average molecular weight is 293 g/mol. The number of anilines is 1. The molecule has 17 heavy (non-hydrogen) atoms. The summed E-state index contributed by atoms with van der Waals surface area (Å²) >= 11 is 3.50. The van der Waals surface area contributed by atoms with E-state index in [2.05, 4.69) is 43.8 Å². The Kier molecular flexibility index (Phi) is 3.11. The van der Waals surface area contributed by atoms with Crippen LogP contribution in [0.5, 0.6) is 0 Å². The van der Waals surface area contributed by atoms with Gasteiger partial charge in [0.05, 0.1) is 11.9 Å². The molecule has 4 nitrogen and oxygen atoms in total. The van der Waals surface area contributed by atoms with Crippen molar-refractivity contribution >= 4 is 39.5 Å². The highest BCUT2D eigenvalue weighted by molar-refractivity contribution is 9.10. The molecule has 1 aliphatic rings. The molecule has 88 valence electrons. The van der Waals surface area contributed by atoms with Crippen LogP contribution in [-0.2, 0) is 0 Å². The van der Waals surface area contributed by atoms with Gasteiger partial charge >= 0.3 is 0 Å². The fourth-order valence-electron chi connectivity index (χ4n) is 1.82. The minimum atomic E-state index is 0.0609. The molecule has 1 N–H and O–H groups in total. The molecule has 0 spiro atoms. The standard InChI is InChI=1S/C12H13BrN4/c1-7-9(10-6-15-12(14)16-10)4-8(13)5-11(7)17(2)3/h4-6,14H,1-3H3. The summed E-state index contributed by atoms with van der Waals surface area (Å²) in [5.41, 5.74) is 4.02. The van der Waals surface area contributed by atoms with Gasteiger partial charge in [0.1, 0.15) is 0 Å². The summed E-state index contributed by atoms with van der Waals surface area (Å²) in [6.45, 7) is 2.05. The van der Waals surface area contributed by atoms with Crippen LogP contribution in [0.1, 0.15) is 11.1 Å². The second-order valence-electron chi connectivity index (χ2n) is 4.07. The first-order valence-electron chi connectivity index (χ1n) is 5.18. The smallest absolute Gasteiger partial charge is 0.242 e. The highest BCUT2D eigenvalue weighted by Crippen LogP contribution is 2.27. The Bertz CT molecular complexity index is 544. The number of nitrogens with one attached hydrogen (secondary N) is 1. The summed E-state index contributed by atoms with van der Waals surface area (Å²) in [4.78, 5) is 10.0. The van der Waals surface area contributed by atoms with Gasteiger partial charge in [-0.05, 0) is 24.6 Å². The summed E-state index contributed by atoms with van der Waals surface area (Å²) in [6.07, 6.45) is 1.64. The van der Waals surface area contributed by atoms with Crippen LogP contribution in [0.25, 0.3) is 0 Å². The molecule has 0 unspecified atom stereocenters. The molecule has 5 heteroatoms. The van der Waals surface area contributed by atoms with E-state index in [1.54, 1.807) is 6.21 Å². The fraction of sp³-hybridized carbons (Fsp3) is 0.250. The SMILES string of the molecule is Cc1c(C2=NC(=N)N=C2)cc(Br)cc1N(C)C. The zero-order valence-corrected chi connectivity index (χ0v) is 11.5. The molecule has 1 heterocycles. The monoisotopic (exact) mass is 292 g/mol. The van der Waals surface area contributed by atoms with Crippen molar-refractivity contribution in [1.29, 1.82) is 5.41 Å². The van der Waals surface area contributed by atoms with E-state index in [9.17, 15) is 0 Å². The summed E-state index contributed by atoms with van der Waals surface area (Å²) in [6, 6.07) is 4.07. The molecule has 2 rings (SSSR count). The Hall–Kier alpha value is -1.49. The summed E-state index contributed by atoms with van der Waals surface area (Å²) < 4.78 is 0.997. The number of rotatable bonds is 2. The van der Waals surface area contributed by atoms with E-state index in [0.29, 0.717) is 0 Å². The first-order chi connectivity index (χ1) is 7.99. The molecule has 0 radical (unpaired) electrons. The zero-order chi connectivity index (χ0) is 12.6. The molecule has 0 amide bonds.